The summed E-state index contributed by atoms with van der Waals surface area (Å²) >= 11 is 0. The van der Waals surface area contributed by atoms with E-state index in [1.165, 1.54) is 30.3 Å². The molecule has 0 unspecified atom stereocenters. The molecular weight excluding hydrogens is 398 g/mol. The van der Waals surface area contributed by atoms with E-state index in [0.29, 0.717) is 16.8 Å². The van der Waals surface area contributed by atoms with Crippen LogP contribution in [0, 0.1) is 21.7 Å². The third-order valence-corrected chi connectivity index (χ3v) is 4.41. The van der Waals surface area contributed by atoms with E-state index in [1.807, 2.05) is 0 Å². The molecule has 1 heterocycles. The molecule has 0 saturated carbocycles. The van der Waals surface area contributed by atoms with Crippen LogP contribution in [0.15, 0.2) is 60.7 Å². The molecule has 2 N–H and O–H groups in total. The first-order valence-electron chi connectivity index (χ1n) is 8.56. The van der Waals surface area contributed by atoms with Crippen LogP contribution in [0.1, 0.15) is 10.4 Å². The first kappa shape index (κ1) is 19.0. The van der Waals surface area contributed by atoms with Crippen molar-refractivity contribution in [2.24, 2.45) is 0 Å². The molecule has 0 saturated heterocycles. The van der Waals surface area contributed by atoms with Gasteiger partial charge in [0.05, 0.1) is 10.4 Å². The fourth-order valence-electron chi connectivity index (χ4n) is 2.90. The summed E-state index contributed by atoms with van der Waals surface area (Å²) in [7, 11) is 0. The number of nitro groups is 1. The molecule has 1 amide bonds. The molecule has 30 heavy (non-hydrogen) atoms. The quantitative estimate of drug-likeness (QED) is 0.295. The van der Waals surface area contributed by atoms with E-state index in [0.717, 1.165) is 22.9 Å². The Kier molecular flexibility index (Phi) is 4.59. The molecule has 1 aromatic heterocycles. The standard InChI is InChI=1S/C20H12F2N4O4/c21-15-7-3-12(9-16(15)22)20(27)23-13-4-1-11(2-5-13)19-24-17-8-6-14(26(29)30)10-18(17)25(19)28/h1-10,28H,(H,23,27). The lowest BCUT2D eigenvalue weighted by Crippen LogP contribution is -2.12. The van der Waals surface area contributed by atoms with Gasteiger partial charge in [-0.05, 0) is 48.5 Å². The van der Waals surface area contributed by atoms with Gasteiger partial charge in [0.15, 0.2) is 17.5 Å². The van der Waals surface area contributed by atoms with Crippen LogP contribution in [0.25, 0.3) is 22.4 Å². The number of aromatic nitrogens is 2. The molecule has 3 aromatic carbocycles. The molecule has 0 atom stereocenters. The summed E-state index contributed by atoms with van der Waals surface area (Å²) in [6.45, 7) is 0. The monoisotopic (exact) mass is 410 g/mol. The summed E-state index contributed by atoms with van der Waals surface area (Å²) in [5, 5.41) is 23.8. The maximum atomic E-state index is 13.3. The van der Waals surface area contributed by atoms with Gasteiger partial charge in [-0.25, -0.2) is 13.8 Å². The van der Waals surface area contributed by atoms with Gasteiger partial charge in [-0.1, -0.05) is 0 Å². The number of halogens is 2. The Morgan fingerprint density at radius 2 is 1.77 bits per heavy atom. The van der Waals surface area contributed by atoms with E-state index in [2.05, 4.69) is 10.3 Å². The Morgan fingerprint density at radius 1 is 1.03 bits per heavy atom. The number of nitrogens with zero attached hydrogens (tertiary/aromatic N) is 3. The number of benzene rings is 3. The maximum Gasteiger partial charge on any atom is 0.271 e. The highest BCUT2D eigenvalue weighted by atomic mass is 19.2. The van der Waals surface area contributed by atoms with Crippen molar-refractivity contribution in [2.75, 3.05) is 5.32 Å². The third kappa shape index (κ3) is 3.41. The third-order valence-electron chi connectivity index (χ3n) is 4.41. The first-order valence-corrected chi connectivity index (χ1v) is 8.56. The molecule has 8 nitrogen and oxygen atoms in total. The summed E-state index contributed by atoms with van der Waals surface area (Å²) in [5.41, 5.74) is 1.19. The van der Waals surface area contributed by atoms with Crippen LogP contribution in [-0.2, 0) is 0 Å². The van der Waals surface area contributed by atoms with Crippen LogP contribution in [-0.4, -0.2) is 25.8 Å². The molecule has 0 radical (unpaired) electrons. The van der Waals surface area contributed by atoms with Crippen LogP contribution in [0.4, 0.5) is 20.2 Å². The number of rotatable bonds is 4. The molecule has 4 rings (SSSR count). The molecule has 0 aliphatic rings. The zero-order valence-corrected chi connectivity index (χ0v) is 15.0. The predicted molar refractivity (Wildman–Crippen MR) is 103 cm³/mol. The Bertz CT molecular complexity index is 1300. The van der Waals surface area contributed by atoms with Crippen molar-refractivity contribution in [3.05, 3.63) is 88.0 Å². The fourth-order valence-corrected chi connectivity index (χ4v) is 2.90. The smallest absolute Gasteiger partial charge is 0.271 e. The topological polar surface area (TPSA) is 110 Å². The van der Waals surface area contributed by atoms with Gasteiger partial charge in [-0.15, -0.1) is 0 Å². The van der Waals surface area contributed by atoms with Crippen LogP contribution in [0.2, 0.25) is 0 Å². The van der Waals surface area contributed by atoms with Crippen molar-refractivity contribution >= 4 is 28.3 Å². The fraction of sp³-hybridized carbons (Fsp3) is 0. The minimum atomic E-state index is -1.12. The number of hydrogen-bond donors (Lipinski definition) is 2. The lowest BCUT2D eigenvalue weighted by molar-refractivity contribution is -0.384. The number of amides is 1. The predicted octanol–water partition coefficient (Wildman–Crippen LogP) is 4.38. The molecule has 4 aromatic rings. The number of imidazole rings is 1. The van der Waals surface area contributed by atoms with Gasteiger partial charge >= 0.3 is 0 Å². The van der Waals surface area contributed by atoms with Crippen molar-refractivity contribution < 1.29 is 23.7 Å². The average Bonchev–Trinajstić information content (AvgIpc) is 3.06. The molecule has 0 fully saturated rings. The number of hydrogen-bond acceptors (Lipinski definition) is 5. The molecule has 0 bridgehead atoms. The number of fused-ring (bicyclic) bond motifs is 1. The van der Waals surface area contributed by atoms with Crippen LogP contribution in [0.5, 0.6) is 0 Å². The number of non-ortho nitro benzene ring substituents is 1. The molecular formula is C20H12F2N4O4. The maximum absolute atomic E-state index is 13.3. The second kappa shape index (κ2) is 7.24. The number of nitrogens with one attached hydrogen (secondary N) is 1. The Morgan fingerprint density at radius 3 is 2.43 bits per heavy atom. The van der Waals surface area contributed by atoms with Gasteiger partial charge in [0.25, 0.3) is 11.6 Å². The van der Waals surface area contributed by atoms with Crippen LogP contribution < -0.4 is 5.32 Å². The normalized spacial score (nSPS) is 10.9. The molecule has 0 spiro atoms. The van der Waals surface area contributed by atoms with Crippen LogP contribution >= 0.6 is 0 Å². The molecule has 10 heteroatoms. The summed E-state index contributed by atoms with van der Waals surface area (Å²) in [5.74, 6) is -2.64. The largest absolute Gasteiger partial charge is 0.426 e. The van der Waals surface area contributed by atoms with Gasteiger partial charge < -0.3 is 10.5 Å². The van der Waals surface area contributed by atoms with E-state index in [9.17, 15) is 28.9 Å². The number of carbonyl (C=O) groups excluding carboxylic acids is 1. The average molecular weight is 410 g/mol. The zero-order chi connectivity index (χ0) is 21.4. The van der Waals surface area contributed by atoms with Crippen LogP contribution in [0.3, 0.4) is 0 Å². The summed E-state index contributed by atoms with van der Waals surface area (Å²) in [4.78, 5) is 26.8. The molecule has 0 aliphatic heterocycles. The second-order valence-electron chi connectivity index (χ2n) is 6.34. The van der Waals surface area contributed by atoms with Gasteiger partial charge in [-0.2, -0.15) is 4.73 Å². The Labute approximate surface area is 167 Å². The van der Waals surface area contributed by atoms with E-state index < -0.39 is 22.5 Å². The van der Waals surface area contributed by atoms with E-state index in [1.54, 1.807) is 12.1 Å². The number of anilines is 1. The Hall–Kier alpha value is -4.34. The minimum absolute atomic E-state index is 0.0447. The van der Waals surface area contributed by atoms with E-state index in [-0.39, 0.29) is 22.6 Å². The summed E-state index contributed by atoms with van der Waals surface area (Å²) in [6.07, 6.45) is 0. The number of nitro benzene ring substituents is 1. The van der Waals surface area contributed by atoms with Crippen molar-refractivity contribution in [1.29, 1.82) is 0 Å². The zero-order valence-electron chi connectivity index (χ0n) is 15.0. The summed E-state index contributed by atoms with van der Waals surface area (Å²) in [6, 6.07) is 13.0. The molecule has 0 aliphatic carbocycles. The lowest BCUT2D eigenvalue weighted by atomic mass is 10.1. The minimum Gasteiger partial charge on any atom is -0.426 e. The highest BCUT2D eigenvalue weighted by Gasteiger charge is 2.16. The second-order valence-corrected chi connectivity index (χ2v) is 6.34. The van der Waals surface area contributed by atoms with Crippen molar-refractivity contribution in [1.82, 2.24) is 9.71 Å². The SMILES string of the molecule is O=C(Nc1ccc(-c2nc3ccc([N+](=O)[O-])cc3n2O)cc1)c1ccc(F)c(F)c1. The van der Waals surface area contributed by atoms with Gasteiger partial charge in [0, 0.05) is 28.9 Å². The highest BCUT2D eigenvalue weighted by Crippen LogP contribution is 2.27. The van der Waals surface area contributed by atoms with Crippen molar-refractivity contribution in [3.63, 3.8) is 0 Å². The van der Waals surface area contributed by atoms with Crippen molar-refractivity contribution in [2.45, 2.75) is 0 Å². The summed E-state index contributed by atoms with van der Waals surface area (Å²) < 4.78 is 27.0. The lowest BCUT2D eigenvalue weighted by Gasteiger charge is -2.07. The van der Waals surface area contributed by atoms with Gasteiger partial charge in [0.2, 0.25) is 0 Å². The van der Waals surface area contributed by atoms with E-state index >= 15 is 0 Å². The van der Waals surface area contributed by atoms with Gasteiger partial charge in [-0.3, -0.25) is 14.9 Å². The van der Waals surface area contributed by atoms with E-state index in [4.69, 9.17) is 0 Å². The Balaban J connectivity index is 1.59. The first-order chi connectivity index (χ1) is 14.3. The highest BCUT2D eigenvalue weighted by molar-refractivity contribution is 6.04. The molecule has 150 valence electrons. The number of carbonyl (C=O) groups is 1. The van der Waals surface area contributed by atoms with Gasteiger partial charge in [0.1, 0.15) is 5.52 Å². The van der Waals surface area contributed by atoms with Crippen molar-refractivity contribution in [3.8, 4) is 11.4 Å².